The summed E-state index contributed by atoms with van der Waals surface area (Å²) in [5, 5.41) is 11.6. The molecule has 1 heterocycles. The molecule has 0 unspecified atom stereocenters. The molecule has 0 saturated heterocycles. The highest BCUT2D eigenvalue weighted by Crippen LogP contribution is 2.11. The molecular weight excluding hydrogens is 272 g/mol. The topological polar surface area (TPSA) is 97.2 Å². The number of aliphatic carboxylic acids is 1. The van der Waals surface area contributed by atoms with Gasteiger partial charge >= 0.3 is 12.0 Å². The molecule has 0 aliphatic carbocycles. The molecule has 0 aromatic carbocycles. The number of methoxy groups -OCH3 is 1. The van der Waals surface area contributed by atoms with Crippen molar-refractivity contribution >= 4 is 23.5 Å². The molecule has 106 valence electrons. The molecule has 0 saturated carbocycles. The van der Waals surface area contributed by atoms with Gasteiger partial charge in [0.25, 0.3) is 0 Å². The number of carbonyl (C=O) groups is 1. The van der Waals surface area contributed by atoms with E-state index in [-0.39, 0.29) is 17.7 Å². The van der Waals surface area contributed by atoms with Gasteiger partial charge in [0.1, 0.15) is 0 Å². The van der Waals surface area contributed by atoms with Crippen LogP contribution in [-0.2, 0) is 4.79 Å². The normalized spacial score (nSPS) is 10.2. The Bertz CT molecular complexity index is 417. The van der Waals surface area contributed by atoms with E-state index in [1.807, 2.05) is 0 Å². The summed E-state index contributed by atoms with van der Waals surface area (Å²) < 4.78 is 4.88. The minimum absolute atomic E-state index is 0.0795. The first kappa shape index (κ1) is 15.4. The molecule has 0 bridgehead atoms. The Kier molecular flexibility index (Phi) is 6.88. The van der Waals surface area contributed by atoms with Crippen molar-refractivity contribution in [1.29, 1.82) is 0 Å². The molecule has 1 aromatic rings. The molecule has 0 atom stereocenters. The number of carboxylic acid groups (broad SMARTS) is 1. The van der Waals surface area contributed by atoms with Crippen LogP contribution in [0.3, 0.4) is 0 Å². The van der Waals surface area contributed by atoms with Crippen molar-refractivity contribution < 1.29 is 14.6 Å². The van der Waals surface area contributed by atoms with Crippen molar-refractivity contribution in [2.24, 2.45) is 0 Å². The second-order valence-corrected chi connectivity index (χ2v) is 4.24. The highest BCUT2D eigenvalue weighted by molar-refractivity contribution is 6.28. The Labute approximate surface area is 116 Å². The van der Waals surface area contributed by atoms with Crippen LogP contribution in [0.2, 0.25) is 5.28 Å². The number of hydrogen-bond acceptors (Lipinski definition) is 6. The fraction of sp³-hybridized carbons (Fsp3) is 0.636. The molecule has 1 aromatic heterocycles. The maximum atomic E-state index is 10.3. The maximum Gasteiger partial charge on any atom is 0.322 e. The smallest absolute Gasteiger partial charge is 0.322 e. The molecule has 8 heteroatoms. The second kappa shape index (κ2) is 8.47. The van der Waals surface area contributed by atoms with Crippen molar-refractivity contribution in [3.8, 4) is 6.01 Å². The van der Waals surface area contributed by atoms with Gasteiger partial charge in [-0.3, -0.25) is 4.79 Å². The number of unbranched alkanes of at least 4 members (excludes halogenated alkanes) is 3. The third-order valence-corrected chi connectivity index (χ3v) is 2.54. The number of aromatic nitrogens is 3. The van der Waals surface area contributed by atoms with Crippen LogP contribution in [0.4, 0.5) is 5.95 Å². The van der Waals surface area contributed by atoms with Crippen molar-refractivity contribution in [3.63, 3.8) is 0 Å². The Balaban J connectivity index is 2.18. The van der Waals surface area contributed by atoms with Crippen molar-refractivity contribution in [2.45, 2.75) is 32.1 Å². The van der Waals surface area contributed by atoms with Crippen LogP contribution in [-0.4, -0.2) is 39.7 Å². The molecule has 0 aliphatic rings. The second-order valence-electron chi connectivity index (χ2n) is 3.90. The van der Waals surface area contributed by atoms with E-state index >= 15 is 0 Å². The molecule has 7 nitrogen and oxygen atoms in total. The Hall–Kier alpha value is -1.63. The minimum Gasteiger partial charge on any atom is -0.481 e. The number of nitrogens with one attached hydrogen (secondary N) is 1. The third-order valence-electron chi connectivity index (χ3n) is 2.37. The van der Waals surface area contributed by atoms with Crippen molar-refractivity contribution in [2.75, 3.05) is 19.0 Å². The number of halogens is 1. The average molecular weight is 289 g/mol. The lowest BCUT2D eigenvalue weighted by Gasteiger charge is -2.05. The molecule has 0 radical (unpaired) electrons. The van der Waals surface area contributed by atoms with E-state index in [0.29, 0.717) is 18.9 Å². The van der Waals surface area contributed by atoms with E-state index in [4.69, 9.17) is 21.4 Å². The van der Waals surface area contributed by atoms with Gasteiger partial charge in [-0.25, -0.2) is 0 Å². The summed E-state index contributed by atoms with van der Waals surface area (Å²) in [7, 11) is 1.46. The number of nitrogens with zero attached hydrogens (tertiary/aromatic N) is 3. The van der Waals surface area contributed by atoms with Crippen LogP contribution in [0.15, 0.2) is 0 Å². The first-order valence-corrected chi connectivity index (χ1v) is 6.41. The SMILES string of the molecule is COc1nc(Cl)nc(NCCCCCCC(=O)O)n1. The Morgan fingerprint density at radius 1 is 1.26 bits per heavy atom. The van der Waals surface area contributed by atoms with Gasteiger partial charge in [0.2, 0.25) is 11.2 Å². The predicted molar refractivity (Wildman–Crippen MR) is 70.6 cm³/mol. The first-order chi connectivity index (χ1) is 9.11. The summed E-state index contributed by atoms with van der Waals surface area (Å²) in [6.07, 6.45) is 3.70. The van der Waals surface area contributed by atoms with Gasteiger partial charge in [-0.05, 0) is 24.4 Å². The van der Waals surface area contributed by atoms with Crippen LogP contribution >= 0.6 is 11.6 Å². The molecule has 19 heavy (non-hydrogen) atoms. The van der Waals surface area contributed by atoms with Gasteiger partial charge in [0.15, 0.2) is 0 Å². The molecule has 0 aliphatic heterocycles. The molecule has 0 spiro atoms. The van der Waals surface area contributed by atoms with Gasteiger partial charge in [-0.15, -0.1) is 0 Å². The van der Waals surface area contributed by atoms with Crippen molar-refractivity contribution in [3.05, 3.63) is 5.28 Å². The largest absolute Gasteiger partial charge is 0.481 e. The number of rotatable bonds is 9. The average Bonchev–Trinajstić information content (AvgIpc) is 2.36. The lowest BCUT2D eigenvalue weighted by Crippen LogP contribution is -2.07. The highest BCUT2D eigenvalue weighted by atomic mass is 35.5. The number of ether oxygens (including phenoxy) is 1. The molecule has 0 fully saturated rings. The molecule has 2 N–H and O–H groups in total. The van der Waals surface area contributed by atoms with Crippen LogP contribution in [0.1, 0.15) is 32.1 Å². The summed E-state index contributed by atoms with van der Waals surface area (Å²) in [4.78, 5) is 22.0. The first-order valence-electron chi connectivity index (χ1n) is 6.03. The Morgan fingerprint density at radius 2 is 2.00 bits per heavy atom. The van der Waals surface area contributed by atoms with Crippen LogP contribution in [0.25, 0.3) is 0 Å². The Morgan fingerprint density at radius 3 is 2.68 bits per heavy atom. The molecule has 1 rings (SSSR count). The van der Waals surface area contributed by atoms with Crippen LogP contribution < -0.4 is 10.1 Å². The third kappa shape index (κ3) is 6.76. The fourth-order valence-corrected chi connectivity index (χ4v) is 1.61. The zero-order chi connectivity index (χ0) is 14.1. The zero-order valence-electron chi connectivity index (χ0n) is 10.7. The van der Waals surface area contributed by atoms with Crippen molar-refractivity contribution in [1.82, 2.24) is 15.0 Å². The van der Waals surface area contributed by atoms with Crippen LogP contribution in [0.5, 0.6) is 6.01 Å². The number of anilines is 1. The van der Waals surface area contributed by atoms with E-state index in [1.54, 1.807) is 0 Å². The standard InChI is InChI=1S/C11H17ClN4O3/c1-19-11-15-9(12)14-10(16-11)13-7-5-3-2-4-6-8(17)18/h2-7H2,1H3,(H,17,18)(H,13,14,15,16). The van der Waals surface area contributed by atoms with E-state index in [2.05, 4.69) is 20.3 Å². The van der Waals surface area contributed by atoms with E-state index in [0.717, 1.165) is 19.3 Å². The summed E-state index contributed by atoms with van der Waals surface area (Å²) in [6.45, 7) is 0.691. The monoisotopic (exact) mass is 288 g/mol. The van der Waals surface area contributed by atoms with Crippen LogP contribution in [0, 0.1) is 0 Å². The van der Waals surface area contributed by atoms with Gasteiger partial charge < -0.3 is 15.2 Å². The summed E-state index contributed by atoms with van der Waals surface area (Å²) in [5.41, 5.74) is 0. The number of hydrogen-bond donors (Lipinski definition) is 2. The highest BCUT2D eigenvalue weighted by Gasteiger charge is 2.04. The van der Waals surface area contributed by atoms with Gasteiger partial charge in [-0.2, -0.15) is 15.0 Å². The molecular formula is C11H17ClN4O3. The number of carboxylic acids is 1. The minimum atomic E-state index is -0.745. The molecule has 0 amide bonds. The summed E-state index contributed by atoms with van der Waals surface area (Å²) >= 11 is 5.70. The van der Waals surface area contributed by atoms with E-state index < -0.39 is 5.97 Å². The van der Waals surface area contributed by atoms with Gasteiger partial charge in [-0.1, -0.05) is 12.8 Å². The van der Waals surface area contributed by atoms with E-state index in [9.17, 15) is 4.79 Å². The lowest BCUT2D eigenvalue weighted by atomic mass is 10.1. The fourth-order valence-electron chi connectivity index (χ4n) is 1.46. The quantitative estimate of drug-likeness (QED) is 0.670. The van der Waals surface area contributed by atoms with Gasteiger partial charge in [0.05, 0.1) is 7.11 Å². The summed E-state index contributed by atoms with van der Waals surface area (Å²) in [5.74, 6) is -0.368. The summed E-state index contributed by atoms with van der Waals surface area (Å²) in [6, 6.07) is 0.170. The van der Waals surface area contributed by atoms with Gasteiger partial charge in [0, 0.05) is 13.0 Å². The van der Waals surface area contributed by atoms with E-state index in [1.165, 1.54) is 7.11 Å². The zero-order valence-corrected chi connectivity index (χ0v) is 11.5. The maximum absolute atomic E-state index is 10.3. The predicted octanol–water partition coefficient (Wildman–Crippen LogP) is 1.98. The lowest BCUT2D eigenvalue weighted by molar-refractivity contribution is -0.137.